The third-order valence-corrected chi connectivity index (χ3v) is 3.15. The van der Waals surface area contributed by atoms with Crippen LogP contribution in [0, 0.1) is 0 Å². The highest BCUT2D eigenvalue weighted by atomic mass is 16.3. The Hall–Kier alpha value is -2.88. The van der Waals surface area contributed by atoms with Crippen LogP contribution in [0.25, 0.3) is 5.70 Å². The molecule has 0 aliphatic heterocycles. The predicted octanol–water partition coefficient (Wildman–Crippen LogP) is 2.06. The summed E-state index contributed by atoms with van der Waals surface area (Å²) in [5, 5.41) is 9.82. The lowest BCUT2D eigenvalue weighted by Gasteiger charge is -2.09. The maximum absolute atomic E-state index is 9.82. The number of phenols is 1. The number of phenolic OH excluding ortho intramolecular Hbond substituents is 1. The SMILES string of the molecule is NC(N)=C(/C=C(\N)c1ccccc1O)Cc1ccccc1. The van der Waals surface area contributed by atoms with Gasteiger partial charge in [0.25, 0.3) is 0 Å². The molecule has 21 heavy (non-hydrogen) atoms. The lowest BCUT2D eigenvalue weighted by atomic mass is 10.0. The molecule has 2 aromatic carbocycles. The number of hydrogen-bond donors (Lipinski definition) is 4. The first-order valence-electron chi connectivity index (χ1n) is 6.61. The Morgan fingerprint density at radius 1 is 0.905 bits per heavy atom. The number of aromatic hydroxyl groups is 1. The maximum Gasteiger partial charge on any atom is 0.124 e. The molecule has 2 aromatic rings. The normalized spacial score (nSPS) is 11.1. The third kappa shape index (κ3) is 3.79. The molecule has 2 rings (SSSR count). The molecule has 0 bridgehead atoms. The Labute approximate surface area is 124 Å². The average molecular weight is 281 g/mol. The van der Waals surface area contributed by atoms with Gasteiger partial charge in [0.05, 0.1) is 5.82 Å². The molecule has 0 saturated carbocycles. The van der Waals surface area contributed by atoms with Gasteiger partial charge >= 0.3 is 0 Å². The quantitative estimate of drug-likeness (QED) is 0.645. The summed E-state index contributed by atoms with van der Waals surface area (Å²) in [6.45, 7) is 0. The summed E-state index contributed by atoms with van der Waals surface area (Å²) in [4.78, 5) is 0. The summed E-state index contributed by atoms with van der Waals surface area (Å²) in [5.74, 6) is 0.345. The minimum atomic E-state index is 0.126. The van der Waals surface area contributed by atoms with Crippen LogP contribution in [0.2, 0.25) is 0 Å². The Balaban J connectivity index is 2.31. The number of para-hydroxylation sites is 1. The van der Waals surface area contributed by atoms with Crippen molar-refractivity contribution in [2.75, 3.05) is 0 Å². The van der Waals surface area contributed by atoms with E-state index in [4.69, 9.17) is 17.2 Å². The Kier molecular flexibility index (Phi) is 4.51. The maximum atomic E-state index is 9.82. The second kappa shape index (κ2) is 6.52. The van der Waals surface area contributed by atoms with E-state index in [9.17, 15) is 5.11 Å². The molecule has 4 heteroatoms. The van der Waals surface area contributed by atoms with Crippen molar-refractivity contribution in [3.63, 3.8) is 0 Å². The number of rotatable bonds is 4. The molecule has 0 fully saturated rings. The molecule has 0 aromatic heterocycles. The van der Waals surface area contributed by atoms with Crippen molar-refractivity contribution in [3.8, 4) is 5.75 Å². The van der Waals surface area contributed by atoms with Crippen molar-refractivity contribution in [1.29, 1.82) is 0 Å². The van der Waals surface area contributed by atoms with Crippen molar-refractivity contribution in [2.24, 2.45) is 17.2 Å². The van der Waals surface area contributed by atoms with Crippen molar-refractivity contribution >= 4 is 5.70 Å². The van der Waals surface area contributed by atoms with Gasteiger partial charge in [-0.3, -0.25) is 0 Å². The van der Waals surface area contributed by atoms with Crippen LogP contribution in [0.15, 0.2) is 72.1 Å². The van der Waals surface area contributed by atoms with Crippen molar-refractivity contribution < 1.29 is 5.11 Å². The van der Waals surface area contributed by atoms with E-state index >= 15 is 0 Å². The first-order chi connectivity index (χ1) is 10.1. The van der Waals surface area contributed by atoms with E-state index in [1.54, 1.807) is 24.3 Å². The number of benzene rings is 2. The van der Waals surface area contributed by atoms with Gasteiger partial charge < -0.3 is 22.3 Å². The lowest BCUT2D eigenvalue weighted by Crippen LogP contribution is -2.13. The van der Waals surface area contributed by atoms with Gasteiger partial charge in [-0.25, -0.2) is 0 Å². The zero-order valence-corrected chi connectivity index (χ0v) is 11.7. The van der Waals surface area contributed by atoms with Crippen LogP contribution in [0.5, 0.6) is 5.75 Å². The van der Waals surface area contributed by atoms with Gasteiger partial charge in [0.1, 0.15) is 5.75 Å². The molecule has 4 nitrogen and oxygen atoms in total. The van der Waals surface area contributed by atoms with E-state index in [2.05, 4.69) is 0 Å². The fourth-order valence-corrected chi connectivity index (χ4v) is 2.04. The first kappa shape index (κ1) is 14.5. The molecular formula is C17H19N3O. The van der Waals surface area contributed by atoms with Crippen LogP contribution in [-0.2, 0) is 6.42 Å². The highest BCUT2D eigenvalue weighted by Gasteiger charge is 2.06. The number of nitrogens with two attached hydrogens (primary N) is 3. The molecule has 0 amide bonds. The van der Waals surface area contributed by atoms with E-state index in [0.717, 1.165) is 11.1 Å². The topological polar surface area (TPSA) is 98.3 Å². The van der Waals surface area contributed by atoms with E-state index < -0.39 is 0 Å². The van der Waals surface area contributed by atoms with Crippen LogP contribution >= 0.6 is 0 Å². The fraction of sp³-hybridized carbons (Fsp3) is 0.0588. The molecule has 0 heterocycles. The molecule has 0 spiro atoms. The van der Waals surface area contributed by atoms with Gasteiger partial charge in [-0.1, -0.05) is 42.5 Å². The number of hydrogen-bond acceptors (Lipinski definition) is 4. The van der Waals surface area contributed by atoms with Gasteiger partial charge in [-0.15, -0.1) is 0 Å². The summed E-state index contributed by atoms with van der Waals surface area (Å²) in [6.07, 6.45) is 2.29. The van der Waals surface area contributed by atoms with Crippen LogP contribution < -0.4 is 17.2 Å². The predicted molar refractivity (Wildman–Crippen MR) is 85.8 cm³/mol. The smallest absolute Gasteiger partial charge is 0.124 e. The molecule has 0 aliphatic carbocycles. The second-order valence-corrected chi connectivity index (χ2v) is 4.76. The highest BCUT2D eigenvalue weighted by Crippen LogP contribution is 2.23. The zero-order valence-electron chi connectivity index (χ0n) is 11.7. The summed E-state index contributed by atoms with van der Waals surface area (Å²) < 4.78 is 0. The van der Waals surface area contributed by atoms with E-state index in [-0.39, 0.29) is 11.6 Å². The van der Waals surface area contributed by atoms with E-state index in [0.29, 0.717) is 17.7 Å². The molecule has 0 aliphatic rings. The molecule has 108 valence electrons. The largest absolute Gasteiger partial charge is 0.507 e. The monoisotopic (exact) mass is 281 g/mol. The second-order valence-electron chi connectivity index (χ2n) is 4.76. The Morgan fingerprint density at radius 2 is 1.52 bits per heavy atom. The van der Waals surface area contributed by atoms with Gasteiger partial charge in [0.2, 0.25) is 0 Å². The Morgan fingerprint density at radius 3 is 2.14 bits per heavy atom. The summed E-state index contributed by atoms with van der Waals surface area (Å²) >= 11 is 0. The minimum Gasteiger partial charge on any atom is -0.507 e. The molecule has 0 radical (unpaired) electrons. The van der Waals surface area contributed by atoms with Crippen LogP contribution in [0.4, 0.5) is 0 Å². The third-order valence-electron chi connectivity index (χ3n) is 3.15. The average Bonchev–Trinajstić information content (AvgIpc) is 2.48. The fourth-order valence-electron chi connectivity index (χ4n) is 2.04. The number of allylic oxidation sites excluding steroid dienone is 2. The van der Waals surface area contributed by atoms with Crippen molar-refractivity contribution in [3.05, 3.63) is 83.2 Å². The lowest BCUT2D eigenvalue weighted by molar-refractivity contribution is 0.473. The van der Waals surface area contributed by atoms with Crippen molar-refractivity contribution in [2.45, 2.75) is 6.42 Å². The van der Waals surface area contributed by atoms with Crippen molar-refractivity contribution in [1.82, 2.24) is 0 Å². The van der Waals surface area contributed by atoms with Crippen LogP contribution in [-0.4, -0.2) is 5.11 Å². The molecule has 7 N–H and O–H groups in total. The molecular weight excluding hydrogens is 262 g/mol. The molecule has 0 saturated heterocycles. The van der Waals surface area contributed by atoms with Crippen LogP contribution in [0.1, 0.15) is 11.1 Å². The summed E-state index contributed by atoms with van der Waals surface area (Å²) in [7, 11) is 0. The highest BCUT2D eigenvalue weighted by molar-refractivity contribution is 5.70. The summed E-state index contributed by atoms with van der Waals surface area (Å²) in [6, 6.07) is 16.7. The van der Waals surface area contributed by atoms with Gasteiger partial charge in [-0.05, 0) is 29.3 Å². The van der Waals surface area contributed by atoms with Gasteiger partial charge in [0, 0.05) is 17.7 Å². The first-order valence-corrected chi connectivity index (χ1v) is 6.61. The minimum absolute atomic E-state index is 0.126. The van der Waals surface area contributed by atoms with E-state index in [1.165, 1.54) is 0 Å². The van der Waals surface area contributed by atoms with Crippen LogP contribution in [0.3, 0.4) is 0 Å². The molecule has 0 atom stereocenters. The van der Waals surface area contributed by atoms with Gasteiger partial charge in [0.15, 0.2) is 0 Å². The van der Waals surface area contributed by atoms with E-state index in [1.807, 2.05) is 36.4 Å². The standard InChI is InChI=1S/C17H19N3O/c18-15(14-8-4-5-9-16(14)21)11-13(17(19)20)10-12-6-2-1-3-7-12/h1-9,11,21H,10,18-20H2/b15-11-. The van der Waals surface area contributed by atoms with Gasteiger partial charge in [-0.2, -0.15) is 0 Å². The zero-order chi connectivity index (χ0) is 15.2. The molecule has 0 unspecified atom stereocenters. The Bertz CT molecular complexity index is 671. The summed E-state index contributed by atoms with van der Waals surface area (Å²) in [5.41, 5.74) is 20.3.